The Labute approximate surface area is 121 Å². The van der Waals surface area contributed by atoms with Crippen LogP contribution in [0.4, 0.5) is 8.78 Å². The molecule has 0 spiro atoms. The molecule has 3 N–H and O–H groups in total. The van der Waals surface area contributed by atoms with Gasteiger partial charge in [0.2, 0.25) is 10.0 Å². The first kappa shape index (κ1) is 18.5. The molecule has 0 unspecified atom stereocenters. The minimum atomic E-state index is -4.03. The van der Waals surface area contributed by atoms with Crippen molar-refractivity contribution in [1.29, 1.82) is 0 Å². The van der Waals surface area contributed by atoms with Crippen LogP contribution in [0.5, 0.6) is 0 Å². The van der Waals surface area contributed by atoms with Gasteiger partial charge in [0.1, 0.15) is 0 Å². The van der Waals surface area contributed by atoms with Crippen LogP contribution >= 0.6 is 24.0 Å². The van der Waals surface area contributed by atoms with Crippen LogP contribution in [0.25, 0.3) is 0 Å². The Kier molecular flexibility index (Phi) is 6.64. The standard InChI is InChI=1S/C10H13ClF2N2O2S.ClH/c1-7-8(11)3-2-4-9(7)18(16,17)15-6-10(12,13)5-14;/h2-4,15H,5-6,14H2,1H3;1H. The predicted octanol–water partition coefficient (Wildman–Crippen LogP) is 1.94. The molecule has 1 aromatic rings. The van der Waals surface area contributed by atoms with Gasteiger partial charge in [0.05, 0.1) is 18.0 Å². The summed E-state index contributed by atoms with van der Waals surface area (Å²) in [7, 11) is -4.03. The minimum Gasteiger partial charge on any atom is -0.325 e. The van der Waals surface area contributed by atoms with Crippen LogP contribution in [0.15, 0.2) is 23.1 Å². The van der Waals surface area contributed by atoms with Crippen molar-refractivity contribution in [3.63, 3.8) is 0 Å². The van der Waals surface area contributed by atoms with Gasteiger partial charge in [-0.25, -0.2) is 21.9 Å². The Morgan fingerprint density at radius 1 is 1.42 bits per heavy atom. The van der Waals surface area contributed by atoms with Crippen molar-refractivity contribution in [3.05, 3.63) is 28.8 Å². The van der Waals surface area contributed by atoms with E-state index in [1.54, 1.807) is 0 Å². The van der Waals surface area contributed by atoms with Gasteiger partial charge in [0.15, 0.2) is 0 Å². The zero-order valence-electron chi connectivity index (χ0n) is 9.99. The van der Waals surface area contributed by atoms with Gasteiger partial charge in [-0.3, -0.25) is 0 Å². The summed E-state index contributed by atoms with van der Waals surface area (Å²) >= 11 is 5.78. The van der Waals surface area contributed by atoms with Gasteiger partial charge in [-0.15, -0.1) is 12.4 Å². The maximum Gasteiger partial charge on any atom is 0.273 e. The molecule has 0 heterocycles. The van der Waals surface area contributed by atoms with Crippen molar-refractivity contribution in [2.75, 3.05) is 13.1 Å². The normalized spacial score (nSPS) is 12.1. The molecule has 0 atom stereocenters. The van der Waals surface area contributed by atoms with E-state index < -0.39 is 29.0 Å². The van der Waals surface area contributed by atoms with Gasteiger partial charge in [-0.2, -0.15) is 0 Å². The largest absolute Gasteiger partial charge is 0.325 e. The van der Waals surface area contributed by atoms with Gasteiger partial charge in [0.25, 0.3) is 5.92 Å². The molecule has 1 aromatic carbocycles. The van der Waals surface area contributed by atoms with E-state index in [0.717, 1.165) is 0 Å². The van der Waals surface area contributed by atoms with Crippen LogP contribution in [0.1, 0.15) is 5.56 Å². The summed E-state index contributed by atoms with van der Waals surface area (Å²) in [6.07, 6.45) is 0. The van der Waals surface area contributed by atoms with Crippen molar-refractivity contribution >= 4 is 34.0 Å². The second-order valence-electron chi connectivity index (χ2n) is 3.75. The molecule has 0 radical (unpaired) electrons. The highest BCUT2D eigenvalue weighted by atomic mass is 35.5. The molecule has 0 fully saturated rings. The molecule has 4 nitrogen and oxygen atoms in total. The molecule has 1 rings (SSSR count). The van der Waals surface area contributed by atoms with Crippen LogP contribution in [0.2, 0.25) is 5.02 Å². The summed E-state index contributed by atoms with van der Waals surface area (Å²) in [6, 6.07) is 4.25. The number of sulfonamides is 1. The van der Waals surface area contributed by atoms with Crippen LogP contribution in [-0.4, -0.2) is 27.4 Å². The molecule has 110 valence electrons. The molecule has 0 aromatic heterocycles. The lowest BCUT2D eigenvalue weighted by molar-refractivity contribution is 0.0170. The average molecular weight is 335 g/mol. The van der Waals surface area contributed by atoms with Crippen molar-refractivity contribution in [3.8, 4) is 0 Å². The second-order valence-corrected chi connectivity index (χ2v) is 5.89. The fraction of sp³-hybridized carbons (Fsp3) is 0.400. The van der Waals surface area contributed by atoms with E-state index >= 15 is 0 Å². The van der Waals surface area contributed by atoms with E-state index in [2.05, 4.69) is 0 Å². The molecule has 0 bridgehead atoms. The van der Waals surface area contributed by atoms with Gasteiger partial charge >= 0.3 is 0 Å². The van der Waals surface area contributed by atoms with Crippen LogP contribution < -0.4 is 10.5 Å². The summed E-state index contributed by atoms with van der Waals surface area (Å²) in [5.74, 6) is -3.28. The van der Waals surface area contributed by atoms with Crippen molar-refractivity contribution in [2.45, 2.75) is 17.7 Å². The lowest BCUT2D eigenvalue weighted by Crippen LogP contribution is -2.41. The number of rotatable bonds is 5. The summed E-state index contributed by atoms with van der Waals surface area (Å²) in [4.78, 5) is -0.122. The Hall–Kier alpha value is -0.470. The fourth-order valence-electron chi connectivity index (χ4n) is 1.23. The molecule has 0 aliphatic heterocycles. The first-order valence-corrected chi connectivity index (χ1v) is 6.88. The Bertz CT molecular complexity index is 538. The molecular weight excluding hydrogens is 321 g/mol. The van der Waals surface area contributed by atoms with Gasteiger partial charge in [-0.05, 0) is 24.6 Å². The summed E-state index contributed by atoms with van der Waals surface area (Å²) in [5, 5.41) is 0.253. The van der Waals surface area contributed by atoms with E-state index in [-0.39, 0.29) is 22.3 Å². The molecule has 0 aliphatic rings. The number of benzene rings is 1. The lowest BCUT2D eigenvalue weighted by Gasteiger charge is -2.15. The number of nitrogens with two attached hydrogens (primary N) is 1. The van der Waals surface area contributed by atoms with E-state index in [1.807, 2.05) is 4.72 Å². The van der Waals surface area contributed by atoms with Crippen LogP contribution in [0, 0.1) is 6.92 Å². The van der Waals surface area contributed by atoms with Crippen molar-refractivity contribution in [1.82, 2.24) is 4.72 Å². The lowest BCUT2D eigenvalue weighted by atomic mass is 10.2. The number of alkyl halides is 2. The van der Waals surface area contributed by atoms with Gasteiger partial charge in [-0.1, -0.05) is 17.7 Å². The molecule has 19 heavy (non-hydrogen) atoms. The number of nitrogens with one attached hydrogen (secondary N) is 1. The Morgan fingerprint density at radius 2 is 2.00 bits per heavy atom. The Balaban J connectivity index is 0.00000324. The molecular formula is C10H14Cl2F2N2O2S. The molecule has 0 amide bonds. The SMILES string of the molecule is Cc1c(Cl)cccc1S(=O)(=O)NCC(F)(F)CN.Cl. The summed E-state index contributed by atoms with van der Waals surface area (Å²) in [6.45, 7) is -0.472. The Morgan fingerprint density at radius 3 is 2.53 bits per heavy atom. The van der Waals surface area contributed by atoms with Crippen molar-refractivity contribution in [2.24, 2.45) is 5.73 Å². The zero-order chi connectivity index (χ0) is 14.0. The highest BCUT2D eigenvalue weighted by molar-refractivity contribution is 7.89. The zero-order valence-corrected chi connectivity index (χ0v) is 12.4. The summed E-state index contributed by atoms with van der Waals surface area (Å²) in [5.41, 5.74) is 5.13. The van der Waals surface area contributed by atoms with E-state index in [4.69, 9.17) is 17.3 Å². The second kappa shape index (κ2) is 6.81. The highest BCUT2D eigenvalue weighted by Crippen LogP contribution is 2.23. The van der Waals surface area contributed by atoms with Gasteiger partial charge in [0, 0.05) is 5.02 Å². The van der Waals surface area contributed by atoms with E-state index in [0.29, 0.717) is 5.56 Å². The van der Waals surface area contributed by atoms with Crippen molar-refractivity contribution < 1.29 is 17.2 Å². The molecule has 0 saturated heterocycles. The molecule has 0 aliphatic carbocycles. The van der Waals surface area contributed by atoms with Crippen LogP contribution in [-0.2, 0) is 10.0 Å². The van der Waals surface area contributed by atoms with Crippen LogP contribution in [0.3, 0.4) is 0 Å². The predicted molar refractivity (Wildman–Crippen MR) is 72.6 cm³/mol. The topological polar surface area (TPSA) is 72.2 Å². The number of hydrogen-bond acceptors (Lipinski definition) is 3. The molecule has 9 heteroatoms. The highest BCUT2D eigenvalue weighted by Gasteiger charge is 2.29. The first-order chi connectivity index (χ1) is 8.19. The average Bonchev–Trinajstić information content (AvgIpc) is 2.30. The van der Waals surface area contributed by atoms with E-state index in [9.17, 15) is 17.2 Å². The summed E-state index contributed by atoms with van der Waals surface area (Å²) < 4.78 is 51.3. The quantitative estimate of drug-likeness (QED) is 0.864. The smallest absolute Gasteiger partial charge is 0.273 e. The monoisotopic (exact) mass is 334 g/mol. The third kappa shape index (κ3) is 4.85. The third-order valence-corrected chi connectivity index (χ3v) is 4.28. The fourth-order valence-corrected chi connectivity index (χ4v) is 2.79. The number of hydrogen-bond donors (Lipinski definition) is 2. The third-order valence-electron chi connectivity index (χ3n) is 2.33. The maximum absolute atomic E-state index is 12.9. The molecule has 0 saturated carbocycles. The first-order valence-electron chi connectivity index (χ1n) is 5.02. The van der Waals surface area contributed by atoms with E-state index in [1.165, 1.54) is 25.1 Å². The maximum atomic E-state index is 12.9. The van der Waals surface area contributed by atoms with Gasteiger partial charge < -0.3 is 5.73 Å². The number of halogens is 4. The minimum absolute atomic E-state index is 0.